The lowest BCUT2D eigenvalue weighted by molar-refractivity contribution is 0.628. The molecule has 0 nitrogen and oxygen atoms in total. The molecule has 2 aromatic carbocycles. The van der Waals surface area contributed by atoms with Gasteiger partial charge in [-0.2, -0.15) is 0 Å². The van der Waals surface area contributed by atoms with E-state index in [9.17, 15) is 4.39 Å². The normalized spacial score (nSPS) is 10.8. The summed E-state index contributed by atoms with van der Waals surface area (Å²) in [4.78, 5) is 0. The van der Waals surface area contributed by atoms with Gasteiger partial charge in [-0.3, -0.25) is 0 Å². The minimum Gasteiger partial charge on any atom is -0.207 e. The van der Waals surface area contributed by atoms with Gasteiger partial charge in [0, 0.05) is 0 Å². The van der Waals surface area contributed by atoms with E-state index in [1.807, 2.05) is 24.3 Å². The maximum absolute atomic E-state index is 12.9. The summed E-state index contributed by atoms with van der Waals surface area (Å²) in [5.41, 5.74) is 3.45. The van der Waals surface area contributed by atoms with Crippen LogP contribution in [0.1, 0.15) is 25.3 Å². The Balaban J connectivity index is 2.51. The second kappa shape index (κ2) is 4.48. The zero-order chi connectivity index (χ0) is 11.5. The largest absolute Gasteiger partial charge is 0.207 e. The van der Waals surface area contributed by atoms with E-state index in [-0.39, 0.29) is 5.82 Å². The van der Waals surface area contributed by atoms with Crippen molar-refractivity contribution in [2.24, 2.45) is 0 Å². The van der Waals surface area contributed by atoms with Crippen molar-refractivity contribution in [1.29, 1.82) is 0 Å². The lowest BCUT2D eigenvalue weighted by Crippen LogP contribution is -1.91. The average Bonchev–Trinajstić information content (AvgIpc) is 2.30. The molecule has 0 aliphatic rings. The molecule has 16 heavy (non-hydrogen) atoms. The van der Waals surface area contributed by atoms with Gasteiger partial charge in [0.2, 0.25) is 0 Å². The standard InChI is InChI=1S/C15H14F/c1-11(2)14-5-3-4-6-15(14)12-7-9-13(16)10-8-12/h3,5-11H,1-2H3. The lowest BCUT2D eigenvalue weighted by atomic mass is 9.93. The van der Waals surface area contributed by atoms with Crippen LogP contribution in [0.2, 0.25) is 0 Å². The van der Waals surface area contributed by atoms with Crippen LogP contribution in [0.3, 0.4) is 0 Å². The molecule has 0 aliphatic heterocycles. The summed E-state index contributed by atoms with van der Waals surface area (Å²) in [6.07, 6.45) is 0. The Labute approximate surface area is 95.7 Å². The van der Waals surface area contributed by atoms with Crippen molar-refractivity contribution in [3.05, 3.63) is 59.9 Å². The van der Waals surface area contributed by atoms with Gasteiger partial charge in [-0.25, -0.2) is 4.39 Å². The minimum atomic E-state index is -0.199. The van der Waals surface area contributed by atoms with E-state index in [1.165, 1.54) is 17.7 Å². The first kappa shape index (κ1) is 10.9. The summed E-state index contributed by atoms with van der Waals surface area (Å²) in [7, 11) is 0. The highest BCUT2D eigenvalue weighted by Gasteiger charge is 2.07. The van der Waals surface area contributed by atoms with Crippen molar-refractivity contribution in [2.45, 2.75) is 19.8 Å². The molecule has 0 N–H and O–H groups in total. The van der Waals surface area contributed by atoms with Crippen molar-refractivity contribution >= 4 is 0 Å². The predicted molar refractivity (Wildman–Crippen MR) is 64.8 cm³/mol. The molecule has 81 valence electrons. The summed E-state index contributed by atoms with van der Waals surface area (Å²) in [6, 6.07) is 15.6. The molecule has 0 atom stereocenters. The van der Waals surface area contributed by atoms with Crippen molar-refractivity contribution < 1.29 is 4.39 Å². The van der Waals surface area contributed by atoms with Gasteiger partial charge in [0.1, 0.15) is 5.82 Å². The number of benzene rings is 2. The topological polar surface area (TPSA) is 0 Å². The first-order valence-corrected chi connectivity index (χ1v) is 5.44. The third-order valence-electron chi connectivity index (χ3n) is 2.68. The molecule has 0 heterocycles. The van der Waals surface area contributed by atoms with Crippen LogP contribution in [0.5, 0.6) is 0 Å². The highest BCUT2D eigenvalue weighted by molar-refractivity contribution is 5.67. The van der Waals surface area contributed by atoms with E-state index in [4.69, 9.17) is 0 Å². The number of hydrogen-bond donors (Lipinski definition) is 0. The molecule has 0 saturated heterocycles. The van der Waals surface area contributed by atoms with Gasteiger partial charge in [0.15, 0.2) is 0 Å². The summed E-state index contributed by atoms with van der Waals surface area (Å²) in [5, 5.41) is 0. The van der Waals surface area contributed by atoms with Gasteiger partial charge < -0.3 is 0 Å². The van der Waals surface area contributed by atoms with Crippen LogP contribution in [0.25, 0.3) is 11.1 Å². The van der Waals surface area contributed by atoms with Gasteiger partial charge >= 0.3 is 0 Å². The molecule has 0 spiro atoms. The van der Waals surface area contributed by atoms with E-state index in [1.54, 1.807) is 0 Å². The SMILES string of the molecule is CC(C)c1cc[c]cc1-c1ccc(F)cc1. The predicted octanol–water partition coefficient (Wildman–Crippen LogP) is 4.42. The Morgan fingerprint density at radius 1 is 1.06 bits per heavy atom. The Hall–Kier alpha value is -1.63. The zero-order valence-electron chi connectivity index (χ0n) is 9.50. The Morgan fingerprint density at radius 3 is 2.38 bits per heavy atom. The molecule has 0 amide bonds. The molecule has 1 radical (unpaired) electrons. The number of rotatable bonds is 2. The fourth-order valence-electron chi connectivity index (χ4n) is 1.83. The first-order chi connectivity index (χ1) is 7.68. The maximum atomic E-state index is 12.9. The van der Waals surface area contributed by atoms with Crippen LogP contribution in [0.4, 0.5) is 4.39 Å². The molecule has 0 aromatic heterocycles. The smallest absolute Gasteiger partial charge is 0.123 e. The van der Waals surface area contributed by atoms with Crippen LogP contribution in [-0.4, -0.2) is 0 Å². The fourth-order valence-corrected chi connectivity index (χ4v) is 1.83. The van der Waals surface area contributed by atoms with Crippen LogP contribution < -0.4 is 0 Å². The monoisotopic (exact) mass is 213 g/mol. The molecular weight excluding hydrogens is 199 g/mol. The van der Waals surface area contributed by atoms with Gasteiger partial charge in [0.25, 0.3) is 0 Å². The highest BCUT2D eigenvalue weighted by Crippen LogP contribution is 2.28. The molecule has 0 saturated carbocycles. The van der Waals surface area contributed by atoms with E-state index < -0.39 is 0 Å². The van der Waals surface area contributed by atoms with Crippen molar-refractivity contribution in [3.63, 3.8) is 0 Å². The Morgan fingerprint density at radius 2 is 1.75 bits per heavy atom. The van der Waals surface area contributed by atoms with Crippen molar-refractivity contribution in [2.75, 3.05) is 0 Å². The molecule has 2 rings (SSSR count). The average molecular weight is 213 g/mol. The summed E-state index contributed by atoms with van der Waals surface area (Å²) < 4.78 is 12.9. The first-order valence-electron chi connectivity index (χ1n) is 5.44. The van der Waals surface area contributed by atoms with E-state index in [0.29, 0.717) is 5.92 Å². The quantitative estimate of drug-likeness (QED) is 0.692. The second-order valence-electron chi connectivity index (χ2n) is 4.17. The minimum absolute atomic E-state index is 0.199. The zero-order valence-corrected chi connectivity index (χ0v) is 9.50. The molecule has 2 aromatic rings. The summed E-state index contributed by atoms with van der Waals surface area (Å²) >= 11 is 0. The van der Waals surface area contributed by atoms with E-state index in [2.05, 4.69) is 26.0 Å². The molecule has 0 aliphatic carbocycles. The molecule has 1 heteroatoms. The van der Waals surface area contributed by atoms with Crippen molar-refractivity contribution in [3.8, 4) is 11.1 Å². The van der Waals surface area contributed by atoms with Gasteiger partial charge in [-0.05, 0) is 46.9 Å². The lowest BCUT2D eigenvalue weighted by Gasteiger charge is -2.12. The second-order valence-corrected chi connectivity index (χ2v) is 4.17. The fraction of sp³-hybridized carbons (Fsp3) is 0.200. The Kier molecular flexibility index (Phi) is 3.04. The molecular formula is C15H14F. The van der Waals surface area contributed by atoms with E-state index in [0.717, 1.165) is 11.1 Å². The van der Waals surface area contributed by atoms with Crippen LogP contribution in [-0.2, 0) is 0 Å². The maximum Gasteiger partial charge on any atom is 0.123 e. The third kappa shape index (κ3) is 2.13. The summed E-state index contributed by atoms with van der Waals surface area (Å²) in [5.74, 6) is 0.254. The third-order valence-corrected chi connectivity index (χ3v) is 2.68. The van der Waals surface area contributed by atoms with E-state index >= 15 is 0 Å². The Bertz CT molecular complexity index is 469. The molecule has 0 unspecified atom stereocenters. The van der Waals surface area contributed by atoms with Gasteiger partial charge in [0.05, 0.1) is 0 Å². The summed E-state index contributed by atoms with van der Waals surface area (Å²) in [6.45, 7) is 4.31. The van der Waals surface area contributed by atoms with Gasteiger partial charge in [-0.15, -0.1) is 0 Å². The van der Waals surface area contributed by atoms with Crippen LogP contribution in [0, 0.1) is 11.9 Å². The van der Waals surface area contributed by atoms with Crippen molar-refractivity contribution in [1.82, 2.24) is 0 Å². The van der Waals surface area contributed by atoms with Gasteiger partial charge in [-0.1, -0.05) is 38.1 Å². The van der Waals surface area contributed by atoms with Crippen LogP contribution in [0.15, 0.2) is 42.5 Å². The highest BCUT2D eigenvalue weighted by atomic mass is 19.1. The number of halogens is 1. The molecule has 0 fully saturated rings. The molecule has 0 bridgehead atoms. The number of hydrogen-bond acceptors (Lipinski definition) is 0. The van der Waals surface area contributed by atoms with Crippen LogP contribution >= 0.6 is 0 Å².